The van der Waals surface area contributed by atoms with Crippen molar-refractivity contribution in [1.29, 1.82) is 0 Å². The highest BCUT2D eigenvalue weighted by Gasteiger charge is 2.23. The number of carbonyl (C=O) groups excluding carboxylic acids is 1. The van der Waals surface area contributed by atoms with Gasteiger partial charge in [0.2, 0.25) is 5.91 Å². The normalized spacial score (nSPS) is 17.2. The van der Waals surface area contributed by atoms with Crippen molar-refractivity contribution in [2.45, 2.75) is 37.1 Å². The highest BCUT2D eigenvalue weighted by Crippen LogP contribution is 2.31. The second-order valence-corrected chi connectivity index (χ2v) is 6.04. The lowest BCUT2D eigenvalue weighted by Crippen LogP contribution is -2.34. The summed E-state index contributed by atoms with van der Waals surface area (Å²) in [5.74, 6) is 0.606. The molecule has 1 N–H and O–H groups in total. The molecule has 19 heavy (non-hydrogen) atoms. The van der Waals surface area contributed by atoms with E-state index in [1.807, 2.05) is 12.1 Å². The average Bonchev–Trinajstić information content (AvgIpc) is 2.90. The first-order valence-electron chi connectivity index (χ1n) is 6.39. The molecule has 1 atom stereocenters. The minimum absolute atomic E-state index is 0.120. The van der Waals surface area contributed by atoms with Gasteiger partial charge >= 0.3 is 0 Å². The van der Waals surface area contributed by atoms with E-state index in [4.69, 9.17) is 16.3 Å². The van der Waals surface area contributed by atoms with E-state index in [2.05, 4.69) is 21.2 Å². The van der Waals surface area contributed by atoms with Crippen LogP contribution in [0.5, 0.6) is 5.75 Å². The van der Waals surface area contributed by atoms with Crippen LogP contribution < -0.4 is 10.1 Å². The second-order valence-electron chi connectivity index (χ2n) is 4.75. The Labute approximate surface area is 126 Å². The van der Waals surface area contributed by atoms with Gasteiger partial charge in [-0.25, -0.2) is 0 Å². The van der Waals surface area contributed by atoms with E-state index in [0.717, 1.165) is 28.6 Å². The molecule has 0 aliphatic heterocycles. The third-order valence-electron chi connectivity index (χ3n) is 3.40. The predicted molar refractivity (Wildman–Crippen MR) is 79.7 cm³/mol. The molecule has 104 valence electrons. The van der Waals surface area contributed by atoms with E-state index in [-0.39, 0.29) is 11.9 Å². The number of halogens is 2. The van der Waals surface area contributed by atoms with Gasteiger partial charge in [0.15, 0.2) is 0 Å². The van der Waals surface area contributed by atoms with Gasteiger partial charge in [-0.05, 0) is 46.5 Å². The molecule has 1 amide bonds. The van der Waals surface area contributed by atoms with Crippen molar-refractivity contribution >= 4 is 33.4 Å². The van der Waals surface area contributed by atoms with Crippen LogP contribution in [0, 0.1) is 0 Å². The molecular formula is C14H17BrClNO2. The molecule has 3 nitrogen and oxygen atoms in total. The third kappa shape index (κ3) is 3.63. The molecule has 1 aliphatic carbocycles. The van der Waals surface area contributed by atoms with Crippen LogP contribution in [0.3, 0.4) is 0 Å². The van der Waals surface area contributed by atoms with Gasteiger partial charge in [-0.2, -0.15) is 0 Å². The Bertz CT molecular complexity index is 461. The van der Waals surface area contributed by atoms with Crippen LogP contribution >= 0.6 is 27.5 Å². The molecule has 2 rings (SSSR count). The van der Waals surface area contributed by atoms with Crippen molar-refractivity contribution < 1.29 is 9.53 Å². The van der Waals surface area contributed by atoms with E-state index >= 15 is 0 Å². The molecule has 1 fully saturated rings. The van der Waals surface area contributed by atoms with E-state index in [0.29, 0.717) is 0 Å². The molecule has 0 bridgehead atoms. The Hall–Kier alpha value is -0.740. The van der Waals surface area contributed by atoms with Crippen LogP contribution in [0.4, 0.5) is 0 Å². The van der Waals surface area contributed by atoms with Crippen molar-refractivity contribution in [2.24, 2.45) is 0 Å². The summed E-state index contributed by atoms with van der Waals surface area (Å²) in [5.41, 5.74) is 0.768. The fourth-order valence-corrected chi connectivity index (χ4v) is 3.09. The van der Waals surface area contributed by atoms with Gasteiger partial charge in [0.25, 0.3) is 0 Å². The van der Waals surface area contributed by atoms with E-state index in [1.165, 1.54) is 12.8 Å². The van der Waals surface area contributed by atoms with Crippen molar-refractivity contribution in [3.05, 3.63) is 28.2 Å². The number of amides is 1. The van der Waals surface area contributed by atoms with Crippen molar-refractivity contribution in [2.75, 3.05) is 7.11 Å². The monoisotopic (exact) mass is 345 g/mol. The van der Waals surface area contributed by atoms with Gasteiger partial charge < -0.3 is 10.1 Å². The van der Waals surface area contributed by atoms with Crippen LogP contribution in [-0.2, 0) is 4.79 Å². The number of alkyl halides is 1. The van der Waals surface area contributed by atoms with Gasteiger partial charge in [0.05, 0.1) is 11.6 Å². The van der Waals surface area contributed by atoms with Crippen molar-refractivity contribution in [3.63, 3.8) is 0 Å². The Morgan fingerprint density at radius 2 is 2.16 bits per heavy atom. The minimum atomic E-state index is -0.664. The minimum Gasteiger partial charge on any atom is -0.496 e. The summed E-state index contributed by atoms with van der Waals surface area (Å²) in [6, 6.07) is 5.73. The van der Waals surface area contributed by atoms with Gasteiger partial charge in [-0.1, -0.05) is 18.9 Å². The molecule has 1 aromatic carbocycles. The molecule has 1 aliphatic rings. The van der Waals surface area contributed by atoms with Crippen LogP contribution in [0.1, 0.15) is 36.6 Å². The number of ether oxygens (including phenoxy) is 1. The van der Waals surface area contributed by atoms with E-state index in [1.54, 1.807) is 13.2 Å². The van der Waals surface area contributed by atoms with Gasteiger partial charge in [-0.15, -0.1) is 11.6 Å². The molecule has 0 saturated heterocycles. The molecule has 1 aromatic rings. The first-order valence-corrected chi connectivity index (χ1v) is 7.62. The van der Waals surface area contributed by atoms with Crippen molar-refractivity contribution in [3.8, 4) is 5.75 Å². The molecule has 0 aromatic heterocycles. The van der Waals surface area contributed by atoms with E-state index < -0.39 is 5.38 Å². The first kappa shape index (κ1) is 14.7. The Balaban J connectivity index is 2.03. The summed E-state index contributed by atoms with van der Waals surface area (Å²) in [6.07, 6.45) is 4.49. The molecule has 5 heteroatoms. The number of rotatable bonds is 4. The summed E-state index contributed by atoms with van der Waals surface area (Å²) < 4.78 is 5.96. The zero-order valence-corrected chi connectivity index (χ0v) is 13.1. The molecule has 0 heterocycles. The van der Waals surface area contributed by atoms with Crippen LogP contribution in [0.25, 0.3) is 0 Å². The number of hydrogen-bond donors (Lipinski definition) is 1. The number of carbonyl (C=O) groups is 1. The Morgan fingerprint density at radius 1 is 1.47 bits per heavy atom. The van der Waals surface area contributed by atoms with Gasteiger partial charge in [-0.3, -0.25) is 4.79 Å². The topological polar surface area (TPSA) is 38.3 Å². The quantitative estimate of drug-likeness (QED) is 0.842. The second kappa shape index (κ2) is 6.62. The smallest absolute Gasteiger partial charge is 0.242 e. The summed E-state index contributed by atoms with van der Waals surface area (Å²) in [5, 5.41) is 2.34. The summed E-state index contributed by atoms with van der Waals surface area (Å²) in [4.78, 5) is 12.1. The first-order chi connectivity index (χ1) is 9.11. The molecule has 1 saturated carbocycles. The maximum atomic E-state index is 12.1. The van der Waals surface area contributed by atoms with Crippen LogP contribution in [0.15, 0.2) is 22.7 Å². The molecular weight excluding hydrogens is 330 g/mol. The fourth-order valence-electron chi connectivity index (χ4n) is 2.34. The van der Waals surface area contributed by atoms with Crippen LogP contribution in [-0.4, -0.2) is 19.1 Å². The van der Waals surface area contributed by atoms with Gasteiger partial charge in [0, 0.05) is 6.04 Å². The van der Waals surface area contributed by atoms with Crippen molar-refractivity contribution in [1.82, 2.24) is 5.32 Å². The predicted octanol–water partition coefficient (Wildman–Crippen LogP) is 3.80. The molecule has 1 unspecified atom stereocenters. The van der Waals surface area contributed by atoms with Crippen LogP contribution in [0.2, 0.25) is 0 Å². The summed E-state index contributed by atoms with van der Waals surface area (Å²) in [7, 11) is 1.60. The summed E-state index contributed by atoms with van der Waals surface area (Å²) in [6.45, 7) is 0. The molecule has 0 radical (unpaired) electrons. The Morgan fingerprint density at radius 3 is 2.74 bits per heavy atom. The highest BCUT2D eigenvalue weighted by molar-refractivity contribution is 9.10. The lowest BCUT2D eigenvalue weighted by Gasteiger charge is -2.16. The Kier molecular flexibility index (Phi) is 5.11. The fraction of sp³-hybridized carbons (Fsp3) is 0.500. The third-order valence-corrected chi connectivity index (χ3v) is 4.47. The summed E-state index contributed by atoms with van der Waals surface area (Å²) >= 11 is 9.63. The number of methoxy groups -OCH3 is 1. The van der Waals surface area contributed by atoms with Gasteiger partial charge in [0.1, 0.15) is 11.1 Å². The lowest BCUT2D eigenvalue weighted by atomic mass is 10.1. The maximum Gasteiger partial charge on any atom is 0.242 e. The van der Waals surface area contributed by atoms with E-state index in [9.17, 15) is 4.79 Å². The SMILES string of the molecule is COc1ccc(C(Cl)C(=O)NC2CCCC2)cc1Br. The maximum absolute atomic E-state index is 12.1. The number of hydrogen-bond acceptors (Lipinski definition) is 2. The standard InChI is InChI=1S/C14H17BrClNO2/c1-19-12-7-6-9(8-11(12)15)13(16)14(18)17-10-4-2-3-5-10/h6-8,10,13H,2-5H2,1H3,(H,17,18). The highest BCUT2D eigenvalue weighted by atomic mass is 79.9. The zero-order chi connectivity index (χ0) is 13.8. The largest absolute Gasteiger partial charge is 0.496 e. The number of benzene rings is 1. The zero-order valence-electron chi connectivity index (χ0n) is 10.8. The average molecular weight is 347 g/mol. The number of nitrogens with one attached hydrogen (secondary N) is 1. The molecule has 0 spiro atoms. The lowest BCUT2D eigenvalue weighted by molar-refractivity contribution is -0.121.